The molecule has 0 aromatic carbocycles. The predicted molar refractivity (Wildman–Crippen MR) is 36.8 cm³/mol. The first kappa shape index (κ1) is 6.18. The summed E-state index contributed by atoms with van der Waals surface area (Å²) in [7, 11) is 0. The maximum Gasteiger partial charge on any atom is 0.0222 e. The van der Waals surface area contributed by atoms with Crippen LogP contribution in [0.1, 0.15) is 6.42 Å². The monoisotopic (exact) mass is 147 g/mol. The molecule has 43 valence electrons. The molecule has 1 aliphatic rings. The van der Waals surface area contributed by atoms with Crippen molar-refractivity contribution in [2.45, 2.75) is 6.42 Å². The Hall–Kier alpha value is 0.0600. The third kappa shape index (κ3) is 1.53. The van der Waals surface area contributed by atoms with Crippen LogP contribution in [0.3, 0.4) is 0 Å². The molecule has 0 N–H and O–H groups in total. The predicted octanol–water partition coefficient (Wildman–Crippen LogP) is 2.84. The minimum absolute atomic E-state index is 0.773. The zero-order chi connectivity index (χ0) is 5.98. The molecule has 0 aromatic rings. The van der Waals surface area contributed by atoms with Crippen LogP contribution < -0.4 is 0 Å². The first-order valence-electron chi connectivity index (χ1n) is 2.34. The summed E-state index contributed by atoms with van der Waals surface area (Å²) in [6, 6.07) is 0. The summed E-state index contributed by atoms with van der Waals surface area (Å²) < 4.78 is 0. The maximum absolute atomic E-state index is 5.61. The third-order valence-electron chi connectivity index (χ3n) is 0.915. The summed E-state index contributed by atoms with van der Waals surface area (Å²) in [5.41, 5.74) is 0. The second-order valence-corrected chi connectivity index (χ2v) is 2.50. The van der Waals surface area contributed by atoms with Gasteiger partial charge in [-0.1, -0.05) is 23.2 Å². The van der Waals surface area contributed by atoms with E-state index in [1.807, 2.05) is 12.5 Å². The largest absolute Gasteiger partial charge is 0.0891 e. The summed E-state index contributed by atoms with van der Waals surface area (Å²) >= 11 is 11.2. The van der Waals surface area contributed by atoms with Gasteiger partial charge in [0.1, 0.15) is 0 Å². The summed E-state index contributed by atoms with van der Waals surface area (Å²) in [6.07, 6.45) is 6.25. The minimum Gasteiger partial charge on any atom is -0.0891 e. The van der Waals surface area contributed by atoms with Crippen LogP contribution in [-0.4, -0.2) is 0 Å². The molecule has 0 atom stereocenters. The zero-order valence-corrected chi connectivity index (χ0v) is 5.71. The van der Waals surface area contributed by atoms with Gasteiger partial charge in [0.15, 0.2) is 0 Å². The van der Waals surface area contributed by atoms with Crippen molar-refractivity contribution in [1.29, 1.82) is 0 Å². The summed E-state index contributed by atoms with van der Waals surface area (Å²) in [5, 5.41) is 1.61. The van der Waals surface area contributed by atoms with Crippen molar-refractivity contribution < 1.29 is 0 Å². The molecule has 0 aliphatic heterocycles. The molecule has 0 saturated heterocycles. The Bertz CT molecular complexity index is 127. The highest BCUT2D eigenvalue weighted by Gasteiger charge is 2.00. The lowest BCUT2D eigenvalue weighted by atomic mass is 10.2. The zero-order valence-electron chi connectivity index (χ0n) is 4.20. The molecular weight excluding hydrogens is 143 g/mol. The quantitative estimate of drug-likeness (QED) is 0.495. The second kappa shape index (κ2) is 2.56. The highest BCUT2D eigenvalue weighted by molar-refractivity contribution is 6.33. The molecular formula is C6H5Cl2. The van der Waals surface area contributed by atoms with Crippen molar-refractivity contribution in [2.75, 3.05) is 0 Å². The molecule has 0 nitrogen and oxygen atoms in total. The van der Waals surface area contributed by atoms with E-state index in [2.05, 4.69) is 0 Å². The summed E-state index contributed by atoms with van der Waals surface area (Å²) in [4.78, 5) is 0. The summed E-state index contributed by atoms with van der Waals surface area (Å²) in [5.74, 6) is 0. The average Bonchev–Trinajstić information content (AvgIpc) is 1.77. The van der Waals surface area contributed by atoms with E-state index >= 15 is 0 Å². The van der Waals surface area contributed by atoms with E-state index in [0.29, 0.717) is 0 Å². The number of hydrogen-bond acceptors (Lipinski definition) is 0. The lowest BCUT2D eigenvalue weighted by molar-refractivity contribution is 1.22. The van der Waals surface area contributed by atoms with Crippen molar-refractivity contribution in [2.24, 2.45) is 0 Å². The fraction of sp³-hybridized carbons (Fsp3) is 0.167. The van der Waals surface area contributed by atoms with Crippen LogP contribution in [0.15, 0.2) is 22.2 Å². The Morgan fingerprint density at radius 2 is 2.00 bits per heavy atom. The maximum atomic E-state index is 5.61. The first-order valence-corrected chi connectivity index (χ1v) is 3.10. The molecule has 0 amide bonds. The second-order valence-electron chi connectivity index (χ2n) is 1.57. The Labute approximate surface area is 58.8 Å². The van der Waals surface area contributed by atoms with Gasteiger partial charge in [-0.15, -0.1) is 0 Å². The van der Waals surface area contributed by atoms with Gasteiger partial charge in [0.2, 0.25) is 0 Å². The van der Waals surface area contributed by atoms with Gasteiger partial charge in [0.25, 0.3) is 0 Å². The van der Waals surface area contributed by atoms with Gasteiger partial charge >= 0.3 is 0 Å². The van der Waals surface area contributed by atoms with E-state index < -0.39 is 0 Å². The highest BCUT2D eigenvalue weighted by Crippen LogP contribution is 2.21. The Morgan fingerprint density at radius 1 is 1.25 bits per heavy atom. The van der Waals surface area contributed by atoms with Gasteiger partial charge in [-0.05, 0) is 18.6 Å². The molecule has 0 saturated carbocycles. The average molecular weight is 148 g/mol. The van der Waals surface area contributed by atoms with Crippen molar-refractivity contribution in [3.05, 3.63) is 28.6 Å². The van der Waals surface area contributed by atoms with Crippen molar-refractivity contribution in [1.82, 2.24) is 0 Å². The number of halogens is 2. The number of allylic oxidation sites excluding steroid dienone is 4. The lowest BCUT2D eigenvalue weighted by Gasteiger charge is -2.01. The fourth-order valence-corrected chi connectivity index (χ4v) is 0.781. The van der Waals surface area contributed by atoms with Crippen molar-refractivity contribution in [3.8, 4) is 0 Å². The van der Waals surface area contributed by atoms with E-state index in [1.54, 1.807) is 6.08 Å². The molecule has 1 radical (unpaired) electrons. The Kier molecular flexibility index (Phi) is 1.98. The van der Waals surface area contributed by atoms with Gasteiger partial charge in [-0.25, -0.2) is 0 Å². The third-order valence-corrected chi connectivity index (χ3v) is 1.48. The summed E-state index contributed by atoms with van der Waals surface area (Å²) in [6.45, 7) is 0. The van der Waals surface area contributed by atoms with Crippen LogP contribution >= 0.6 is 23.2 Å². The van der Waals surface area contributed by atoms with E-state index in [9.17, 15) is 0 Å². The standard InChI is InChI=1S/C6H5Cl2/c7-5-1-2-6(8)4-3-5/h1-3H,4H2. The SMILES string of the molecule is ClC1=CC=C(Cl)C[CH]1. The lowest BCUT2D eigenvalue weighted by Crippen LogP contribution is -1.82. The van der Waals surface area contributed by atoms with Crippen LogP contribution in [0.4, 0.5) is 0 Å². The molecule has 8 heavy (non-hydrogen) atoms. The molecule has 0 aromatic heterocycles. The Morgan fingerprint density at radius 3 is 2.38 bits per heavy atom. The molecule has 0 bridgehead atoms. The minimum atomic E-state index is 0.773. The van der Waals surface area contributed by atoms with Crippen molar-refractivity contribution in [3.63, 3.8) is 0 Å². The van der Waals surface area contributed by atoms with Crippen molar-refractivity contribution >= 4 is 23.2 Å². The molecule has 0 fully saturated rings. The van der Waals surface area contributed by atoms with Crippen LogP contribution in [0.2, 0.25) is 0 Å². The molecule has 2 heteroatoms. The topological polar surface area (TPSA) is 0 Å². The molecule has 0 heterocycles. The smallest absolute Gasteiger partial charge is 0.0222 e. The Balaban J connectivity index is 2.65. The van der Waals surface area contributed by atoms with Crippen LogP contribution in [0.5, 0.6) is 0 Å². The van der Waals surface area contributed by atoms with Gasteiger partial charge in [0, 0.05) is 16.5 Å². The van der Waals surface area contributed by atoms with Gasteiger partial charge in [0.05, 0.1) is 0 Å². The van der Waals surface area contributed by atoms with Crippen LogP contribution in [-0.2, 0) is 0 Å². The number of rotatable bonds is 0. The van der Waals surface area contributed by atoms with Crippen LogP contribution in [0.25, 0.3) is 0 Å². The molecule has 0 unspecified atom stereocenters. The molecule has 0 spiro atoms. The van der Waals surface area contributed by atoms with E-state index in [-0.39, 0.29) is 0 Å². The van der Waals surface area contributed by atoms with Crippen LogP contribution in [0, 0.1) is 6.42 Å². The van der Waals surface area contributed by atoms with Gasteiger partial charge in [-0.2, -0.15) is 0 Å². The first-order chi connectivity index (χ1) is 3.79. The normalized spacial score (nSPS) is 19.8. The van der Waals surface area contributed by atoms with E-state index in [0.717, 1.165) is 16.5 Å². The van der Waals surface area contributed by atoms with E-state index in [1.165, 1.54) is 0 Å². The van der Waals surface area contributed by atoms with E-state index in [4.69, 9.17) is 23.2 Å². The molecule has 1 rings (SSSR count). The fourth-order valence-electron chi connectivity index (χ4n) is 0.501. The number of hydrogen-bond donors (Lipinski definition) is 0. The molecule has 1 aliphatic carbocycles. The van der Waals surface area contributed by atoms with Gasteiger partial charge in [-0.3, -0.25) is 0 Å². The van der Waals surface area contributed by atoms with Gasteiger partial charge < -0.3 is 0 Å². The highest BCUT2D eigenvalue weighted by atomic mass is 35.5.